The number of rotatable bonds is 11. The Bertz CT molecular complexity index is 463. The predicted octanol–water partition coefficient (Wildman–Crippen LogP) is 2.89. The van der Waals surface area contributed by atoms with Gasteiger partial charge in [0.2, 0.25) is 0 Å². The largest absolute Gasteiger partial charge is 0.492 e. The fraction of sp³-hybridized carbons (Fsp3) is 0.588. The van der Waals surface area contributed by atoms with E-state index in [2.05, 4.69) is 30.1 Å². The average molecular weight is 308 g/mol. The summed E-state index contributed by atoms with van der Waals surface area (Å²) in [6.07, 6.45) is 1.09. The van der Waals surface area contributed by atoms with Gasteiger partial charge in [0.15, 0.2) is 0 Å². The molecule has 0 aliphatic carbocycles. The van der Waals surface area contributed by atoms with Gasteiger partial charge < -0.3 is 20.1 Å². The van der Waals surface area contributed by atoms with Crippen LogP contribution in [0.5, 0.6) is 5.75 Å². The molecule has 0 aliphatic rings. The summed E-state index contributed by atoms with van der Waals surface area (Å²) in [4.78, 5) is 12.9. The Morgan fingerprint density at radius 3 is 2.64 bits per heavy atom. The smallest absolute Gasteiger partial charge is 0.305 e. The highest BCUT2D eigenvalue weighted by atomic mass is 16.5. The molecule has 0 atom stereocenters. The molecule has 0 unspecified atom stereocenters. The summed E-state index contributed by atoms with van der Waals surface area (Å²) in [6.45, 7) is 9.76. The number of benzene rings is 1. The molecule has 0 saturated carbocycles. The van der Waals surface area contributed by atoms with E-state index < -0.39 is 5.97 Å². The molecule has 0 saturated heterocycles. The monoisotopic (exact) mass is 308 g/mol. The number of ether oxygens (including phenoxy) is 1. The Balaban J connectivity index is 2.97. The fourth-order valence-corrected chi connectivity index (χ4v) is 2.32. The van der Waals surface area contributed by atoms with Gasteiger partial charge in [0, 0.05) is 19.6 Å². The zero-order valence-corrected chi connectivity index (χ0v) is 13.9. The van der Waals surface area contributed by atoms with Gasteiger partial charge in [-0.05, 0) is 37.6 Å². The molecule has 0 radical (unpaired) electrons. The Labute approximate surface area is 133 Å². The molecule has 124 valence electrons. The van der Waals surface area contributed by atoms with Crippen LogP contribution in [0.2, 0.25) is 0 Å². The molecule has 0 bridgehead atoms. The van der Waals surface area contributed by atoms with Gasteiger partial charge >= 0.3 is 5.97 Å². The molecular weight excluding hydrogens is 280 g/mol. The van der Waals surface area contributed by atoms with Crippen molar-refractivity contribution in [3.8, 4) is 5.75 Å². The molecule has 22 heavy (non-hydrogen) atoms. The van der Waals surface area contributed by atoms with E-state index >= 15 is 0 Å². The van der Waals surface area contributed by atoms with Gasteiger partial charge in [0.05, 0.1) is 18.7 Å². The molecule has 5 heteroatoms. The topological polar surface area (TPSA) is 61.8 Å². The maximum absolute atomic E-state index is 10.9. The lowest BCUT2D eigenvalue weighted by atomic mass is 10.1. The third kappa shape index (κ3) is 5.93. The number of carboxylic acids is 1. The second-order valence-electron chi connectivity index (χ2n) is 5.15. The number of aliphatic carboxylic acids is 1. The molecular formula is C17H28N2O3. The summed E-state index contributed by atoms with van der Waals surface area (Å²) >= 11 is 0. The van der Waals surface area contributed by atoms with Crippen molar-refractivity contribution in [2.45, 2.75) is 40.2 Å². The molecule has 5 nitrogen and oxygen atoms in total. The number of nitrogens with one attached hydrogen (secondary N) is 1. The van der Waals surface area contributed by atoms with Crippen LogP contribution in [-0.4, -0.2) is 37.3 Å². The Morgan fingerprint density at radius 1 is 1.27 bits per heavy atom. The molecule has 0 aliphatic heterocycles. The van der Waals surface area contributed by atoms with E-state index in [0.29, 0.717) is 13.2 Å². The number of carboxylic acid groups (broad SMARTS) is 1. The molecule has 0 amide bonds. The summed E-state index contributed by atoms with van der Waals surface area (Å²) in [5.41, 5.74) is 2.15. The normalized spacial score (nSPS) is 10.5. The molecule has 0 aromatic heterocycles. The van der Waals surface area contributed by atoms with Crippen LogP contribution in [0.1, 0.15) is 39.2 Å². The van der Waals surface area contributed by atoms with Gasteiger partial charge in [-0.1, -0.05) is 19.9 Å². The standard InChI is InChI=1S/C17H28N2O3/c1-4-10-19(11-9-17(20)21)15-8-7-14(13-18-5-2)12-16(15)22-6-3/h7-8,12,18H,4-6,9-11,13H2,1-3H3,(H,20,21). The molecule has 0 fully saturated rings. The first-order chi connectivity index (χ1) is 10.6. The van der Waals surface area contributed by atoms with Crippen LogP contribution in [0, 0.1) is 0 Å². The minimum absolute atomic E-state index is 0.130. The van der Waals surface area contributed by atoms with Crippen LogP contribution in [0.15, 0.2) is 18.2 Å². The SMILES string of the molecule is CCCN(CCC(=O)O)c1ccc(CNCC)cc1OCC. The van der Waals surface area contributed by atoms with Crippen molar-refractivity contribution in [2.24, 2.45) is 0 Å². The number of anilines is 1. The fourth-order valence-electron chi connectivity index (χ4n) is 2.32. The third-order valence-corrected chi connectivity index (χ3v) is 3.33. The highest BCUT2D eigenvalue weighted by Crippen LogP contribution is 2.30. The molecule has 0 spiro atoms. The van der Waals surface area contributed by atoms with E-state index in [1.807, 2.05) is 19.1 Å². The first-order valence-corrected chi connectivity index (χ1v) is 8.05. The predicted molar refractivity (Wildman–Crippen MR) is 89.7 cm³/mol. The number of nitrogens with zero attached hydrogens (tertiary/aromatic N) is 1. The van der Waals surface area contributed by atoms with Crippen molar-refractivity contribution in [2.75, 3.05) is 31.1 Å². The van der Waals surface area contributed by atoms with Crippen molar-refractivity contribution >= 4 is 11.7 Å². The van der Waals surface area contributed by atoms with Gasteiger partial charge in [-0.25, -0.2) is 0 Å². The summed E-state index contributed by atoms with van der Waals surface area (Å²) < 4.78 is 5.77. The van der Waals surface area contributed by atoms with Gasteiger partial charge in [0.25, 0.3) is 0 Å². The van der Waals surface area contributed by atoms with Crippen molar-refractivity contribution in [3.63, 3.8) is 0 Å². The van der Waals surface area contributed by atoms with Crippen molar-refractivity contribution < 1.29 is 14.6 Å². The molecule has 2 N–H and O–H groups in total. The quantitative estimate of drug-likeness (QED) is 0.658. The van der Waals surface area contributed by atoms with Crippen molar-refractivity contribution in [3.05, 3.63) is 23.8 Å². The first kappa shape index (κ1) is 18.3. The molecule has 1 aromatic carbocycles. The summed E-state index contributed by atoms with van der Waals surface area (Å²) in [5, 5.41) is 12.2. The van der Waals surface area contributed by atoms with E-state index in [1.165, 1.54) is 5.56 Å². The molecule has 0 heterocycles. The lowest BCUT2D eigenvalue weighted by Crippen LogP contribution is -2.27. The van der Waals surface area contributed by atoms with Gasteiger partial charge in [-0.15, -0.1) is 0 Å². The average Bonchev–Trinajstić information content (AvgIpc) is 2.50. The van der Waals surface area contributed by atoms with Crippen LogP contribution in [0.4, 0.5) is 5.69 Å². The van der Waals surface area contributed by atoms with Crippen LogP contribution in [0.3, 0.4) is 0 Å². The Hall–Kier alpha value is -1.75. The number of hydrogen-bond donors (Lipinski definition) is 2. The summed E-state index contributed by atoms with van der Waals surface area (Å²) in [5.74, 6) is 0.0552. The minimum Gasteiger partial charge on any atom is -0.492 e. The lowest BCUT2D eigenvalue weighted by molar-refractivity contribution is -0.136. The van der Waals surface area contributed by atoms with Crippen LogP contribution >= 0.6 is 0 Å². The van der Waals surface area contributed by atoms with Gasteiger partial charge in [0.1, 0.15) is 5.75 Å². The van der Waals surface area contributed by atoms with Crippen molar-refractivity contribution in [1.29, 1.82) is 0 Å². The number of carbonyl (C=O) groups is 1. The minimum atomic E-state index is -0.775. The molecule has 1 rings (SSSR count). The summed E-state index contributed by atoms with van der Waals surface area (Å²) in [7, 11) is 0. The Kier molecular flexibility index (Phi) is 8.36. The second kappa shape index (κ2) is 10.1. The highest BCUT2D eigenvalue weighted by molar-refractivity contribution is 5.68. The van der Waals surface area contributed by atoms with E-state index in [1.54, 1.807) is 0 Å². The van der Waals surface area contributed by atoms with Crippen LogP contribution in [0.25, 0.3) is 0 Å². The zero-order chi connectivity index (χ0) is 16.4. The maximum Gasteiger partial charge on any atom is 0.305 e. The van der Waals surface area contributed by atoms with E-state index in [0.717, 1.165) is 37.5 Å². The third-order valence-electron chi connectivity index (χ3n) is 3.33. The second-order valence-corrected chi connectivity index (χ2v) is 5.15. The van der Waals surface area contributed by atoms with Gasteiger partial charge in [-0.3, -0.25) is 4.79 Å². The Morgan fingerprint density at radius 2 is 2.05 bits per heavy atom. The van der Waals surface area contributed by atoms with Crippen LogP contribution in [-0.2, 0) is 11.3 Å². The number of hydrogen-bond acceptors (Lipinski definition) is 4. The van der Waals surface area contributed by atoms with Crippen LogP contribution < -0.4 is 15.0 Å². The highest BCUT2D eigenvalue weighted by Gasteiger charge is 2.14. The molecule has 1 aromatic rings. The van der Waals surface area contributed by atoms with E-state index in [9.17, 15) is 4.79 Å². The van der Waals surface area contributed by atoms with Crippen molar-refractivity contribution in [1.82, 2.24) is 5.32 Å². The first-order valence-electron chi connectivity index (χ1n) is 8.05. The zero-order valence-electron chi connectivity index (χ0n) is 13.9. The summed E-state index contributed by atoms with van der Waals surface area (Å²) in [6, 6.07) is 6.16. The van der Waals surface area contributed by atoms with E-state index in [4.69, 9.17) is 9.84 Å². The van der Waals surface area contributed by atoms with Gasteiger partial charge in [-0.2, -0.15) is 0 Å². The maximum atomic E-state index is 10.9. The lowest BCUT2D eigenvalue weighted by Gasteiger charge is -2.26. The van der Waals surface area contributed by atoms with E-state index in [-0.39, 0.29) is 6.42 Å².